The minimum Gasteiger partial charge on any atom is -0.497 e. The maximum atomic E-state index is 13.5. The Morgan fingerprint density at radius 2 is 1.68 bits per heavy atom. The summed E-state index contributed by atoms with van der Waals surface area (Å²) >= 11 is 8.27. The Morgan fingerprint density at radius 3 is 2.29 bits per heavy atom. The van der Waals surface area contributed by atoms with Crippen molar-refractivity contribution in [2.75, 3.05) is 25.1 Å². The topological polar surface area (TPSA) is 167 Å². The van der Waals surface area contributed by atoms with Crippen molar-refractivity contribution in [1.82, 2.24) is 9.47 Å². The second kappa shape index (κ2) is 11.3. The maximum absolute atomic E-state index is 13.5. The molecule has 41 heavy (non-hydrogen) atoms. The number of fused-ring (bicyclic) bond motifs is 1. The molecule has 2 fully saturated rings. The Hall–Kier alpha value is -3.60. The monoisotopic (exact) mass is 635 g/mol. The summed E-state index contributed by atoms with van der Waals surface area (Å²) in [5, 5.41) is 29.0. The number of aromatic nitrogens is 1. The molecule has 1 aromatic heterocycles. The Balaban J connectivity index is 1.71. The van der Waals surface area contributed by atoms with Crippen molar-refractivity contribution in [3.8, 4) is 5.75 Å². The van der Waals surface area contributed by atoms with Crippen LogP contribution in [-0.2, 0) is 25.7 Å². The van der Waals surface area contributed by atoms with Crippen LogP contribution in [0.25, 0.3) is 11.0 Å². The zero-order chi connectivity index (χ0) is 29.6. The van der Waals surface area contributed by atoms with Crippen molar-refractivity contribution in [3.05, 3.63) is 48.4 Å². The van der Waals surface area contributed by atoms with Gasteiger partial charge in [0.25, 0.3) is 11.5 Å². The molecule has 12 nitrogen and oxygen atoms in total. The highest BCUT2D eigenvalue weighted by atomic mass is 32.2. The first-order chi connectivity index (χ1) is 19.5. The van der Waals surface area contributed by atoms with Crippen LogP contribution < -0.4 is 24.4 Å². The predicted molar refractivity (Wildman–Crippen MR) is 156 cm³/mol. The summed E-state index contributed by atoms with van der Waals surface area (Å²) in [5.74, 6) is -3.74. The fraction of sp³-hybridized carbons (Fsp3) is 0.280. The van der Waals surface area contributed by atoms with E-state index in [1.807, 2.05) is 6.07 Å². The van der Waals surface area contributed by atoms with Crippen LogP contribution in [0.3, 0.4) is 0 Å². The number of hydrogen-bond acceptors (Lipinski definition) is 11. The summed E-state index contributed by atoms with van der Waals surface area (Å²) in [7, 11) is 1.51. The highest BCUT2D eigenvalue weighted by molar-refractivity contribution is 8.30. The zero-order valence-corrected chi connectivity index (χ0v) is 24.5. The number of ether oxygens (including phenoxy) is 1. The summed E-state index contributed by atoms with van der Waals surface area (Å²) in [5.41, 5.74) is 0.753. The van der Waals surface area contributed by atoms with E-state index < -0.39 is 42.5 Å². The summed E-state index contributed by atoms with van der Waals surface area (Å²) in [6, 6.07) is 5.35. The van der Waals surface area contributed by atoms with Crippen LogP contribution in [0.4, 0.5) is 5.69 Å². The van der Waals surface area contributed by atoms with Gasteiger partial charge in [0.1, 0.15) is 39.3 Å². The second-order valence-electron chi connectivity index (χ2n) is 9.13. The van der Waals surface area contributed by atoms with Crippen molar-refractivity contribution in [1.29, 1.82) is 0 Å². The van der Waals surface area contributed by atoms with Gasteiger partial charge in [-0.1, -0.05) is 35.7 Å². The molecule has 2 aromatic rings. The summed E-state index contributed by atoms with van der Waals surface area (Å²) in [6.45, 7) is -1.71. The zero-order valence-electron chi connectivity index (χ0n) is 21.2. The third-order valence-electron chi connectivity index (χ3n) is 6.29. The molecule has 0 spiro atoms. The largest absolute Gasteiger partial charge is 0.497 e. The highest BCUT2D eigenvalue weighted by Gasteiger charge is 2.37. The van der Waals surface area contributed by atoms with Gasteiger partial charge >= 0.3 is 17.9 Å². The van der Waals surface area contributed by atoms with Crippen LogP contribution in [0, 0.1) is 5.92 Å². The number of benzene rings is 1. The number of aliphatic carboxylic acids is 3. The number of thiazole rings is 1. The molecule has 214 valence electrons. The Bertz CT molecular complexity index is 1740. The van der Waals surface area contributed by atoms with E-state index in [9.17, 15) is 34.2 Å². The molecule has 1 aromatic carbocycles. The number of thioether (sulfide) groups is 2. The quantitative estimate of drug-likeness (QED) is 0.336. The Morgan fingerprint density at radius 1 is 1.02 bits per heavy atom. The van der Waals surface area contributed by atoms with Crippen LogP contribution in [0.15, 0.2) is 38.5 Å². The van der Waals surface area contributed by atoms with Gasteiger partial charge in [0.2, 0.25) is 0 Å². The van der Waals surface area contributed by atoms with Crippen molar-refractivity contribution in [2.45, 2.75) is 24.3 Å². The van der Waals surface area contributed by atoms with E-state index in [0.29, 0.717) is 16.5 Å². The summed E-state index contributed by atoms with van der Waals surface area (Å²) < 4.78 is 6.50. The molecule has 0 bridgehead atoms. The first-order valence-electron chi connectivity index (χ1n) is 12.0. The molecule has 1 saturated carbocycles. The molecule has 5 rings (SSSR count). The molecule has 0 unspecified atom stereocenters. The molecule has 3 N–H and O–H groups in total. The van der Waals surface area contributed by atoms with E-state index >= 15 is 0 Å². The van der Waals surface area contributed by atoms with Crippen molar-refractivity contribution < 1.29 is 39.2 Å². The first-order valence-corrected chi connectivity index (χ1v) is 14.9. The fourth-order valence-corrected chi connectivity index (χ4v) is 8.09. The van der Waals surface area contributed by atoms with E-state index in [0.717, 1.165) is 55.9 Å². The van der Waals surface area contributed by atoms with Gasteiger partial charge in [0.15, 0.2) is 0 Å². The molecule has 3 aliphatic rings. The Kier molecular flexibility index (Phi) is 8.00. The predicted octanol–water partition coefficient (Wildman–Crippen LogP) is 1.16. The molecule has 0 radical (unpaired) electrons. The molecule has 2 aliphatic heterocycles. The van der Waals surface area contributed by atoms with Gasteiger partial charge in [0.05, 0.1) is 22.4 Å². The standard InChI is InChI=1S/C25H21N3O9S4/c1-37-12-4-5-15-14(6-12)26(8-17(29)30)23(39-15)13(11-2-3-11)7-16-21(35)27(9-18(31)32)24(40-16)20-22(36)28(10-19(33)34)25(38)41-20/h4-7,11H,2-3,8-10H2,1H3,(H,29,30)(H,31,32)(H,33,34)/b16-7+,23-13+,24-20-. The average molecular weight is 636 g/mol. The summed E-state index contributed by atoms with van der Waals surface area (Å²) in [4.78, 5) is 64.6. The van der Waals surface area contributed by atoms with E-state index in [-0.39, 0.29) is 30.9 Å². The number of methoxy groups -OCH3 is 1. The SMILES string of the molecule is COc1ccc2c(c1)N(CC(=O)O)/C(=C(/C=c1/s/c(=C3\SC(=S)N(CC(=O)O)C3=O)n(CC(=O)O)c1=O)C1CC1)S2. The lowest BCUT2D eigenvalue weighted by molar-refractivity contribution is -0.140. The molecule has 0 atom stereocenters. The van der Waals surface area contributed by atoms with Crippen LogP contribution in [0.2, 0.25) is 0 Å². The normalized spacial score (nSPS) is 19.6. The van der Waals surface area contributed by atoms with Crippen LogP contribution in [0.1, 0.15) is 12.8 Å². The van der Waals surface area contributed by atoms with Crippen LogP contribution >= 0.6 is 47.1 Å². The van der Waals surface area contributed by atoms with E-state index in [1.54, 1.807) is 23.1 Å². The lowest BCUT2D eigenvalue weighted by Crippen LogP contribution is -2.36. The molecule has 1 aliphatic carbocycles. The molecular formula is C25H21N3O9S4. The third kappa shape index (κ3) is 5.77. The number of hydrogen-bond donors (Lipinski definition) is 3. The minimum absolute atomic E-state index is 0.0127. The lowest BCUT2D eigenvalue weighted by atomic mass is 10.1. The highest BCUT2D eigenvalue weighted by Crippen LogP contribution is 2.52. The van der Waals surface area contributed by atoms with Gasteiger partial charge < -0.3 is 25.0 Å². The number of rotatable bonds is 9. The number of carboxylic acid groups (broad SMARTS) is 3. The molecule has 3 heterocycles. The Labute approximate surface area is 249 Å². The molecule has 1 saturated heterocycles. The number of allylic oxidation sites excluding steroid dienone is 1. The van der Waals surface area contributed by atoms with E-state index in [2.05, 4.69) is 0 Å². The van der Waals surface area contributed by atoms with Gasteiger partial charge in [-0.2, -0.15) is 0 Å². The van der Waals surface area contributed by atoms with Crippen molar-refractivity contribution in [3.63, 3.8) is 0 Å². The fourth-order valence-electron chi connectivity index (χ4n) is 4.35. The maximum Gasteiger partial charge on any atom is 0.323 e. The van der Waals surface area contributed by atoms with Gasteiger partial charge in [-0.3, -0.25) is 33.4 Å². The van der Waals surface area contributed by atoms with E-state index in [4.69, 9.17) is 22.1 Å². The van der Waals surface area contributed by atoms with Crippen molar-refractivity contribution in [2.24, 2.45) is 5.92 Å². The van der Waals surface area contributed by atoms with E-state index in [1.165, 1.54) is 18.9 Å². The first kappa shape index (κ1) is 28.9. The third-order valence-corrected chi connectivity index (χ3v) is 10.2. The number of anilines is 1. The van der Waals surface area contributed by atoms with Gasteiger partial charge in [-0.15, -0.1) is 11.3 Å². The number of nitrogens with zero attached hydrogens (tertiary/aromatic N) is 3. The average Bonchev–Trinajstić information content (AvgIpc) is 3.57. The summed E-state index contributed by atoms with van der Waals surface area (Å²) in [6.07, 6.45) is 3.29. The van der Waals surface area contributed by atoms with Crippen molar-refractivity contribution >= 4 is 91.9 Å². The van der Waals surface area contributed by atoms with Gasteiger partial charge in [-0.25, -0.2) is 0 Å². The van der Waals surface area contributed by atoms with Gasteiger partial charge in [0, 0.05) is 11.0 Å². The number of carbonyl (C=O) groups is 4. The second-order valence-corrected chi connectivity index (χ2v) is 12.8. The molecule has 16 heteroatoms. The minimum atomic E-state index is -1.30. The van der Waals surface area contributed by atoms with Gasteiger partial charge in [-0.05, 0) is 42.5 Å². The lowest BCUT2D eigenvalue weighted by Gasteiger charge is -2.20. The number of amides is 1. The number of carboxylic acids is 3. The van der Waals surface area contributed by atoms with Crippen LogP contribution in [0.5, 0.6) is 5.75 Å². The van der Waals surface area contributed by atoms with Crippen LogP contribution in [-0.4, -0.2) is 73.1 Å². The smallest absolute Gasteiger partial charge is 0.323 e. The number of carbonyl (C=O) groups excluding carboxylic acids is 1. The molecule has 1 amide bonds. The molecular weight excluding hydrogens is 615 g/mol. The number of thiocarbonyl (C=S) groups is 1.